The van der Waals surface area contributed by atoms with Crippen molar-refractivity contribution in [2.24, 2.45) is 10.9 Å². The third-order valence-electron chi connectivity index (χ3n) is 4.21. The minimum absolute atomic E-state index is 0.621. The highest BCUT2D eigenvalue weighted by Gasteiger charge is 2.17. The largest absolute Gasteiger partial charge is 0.379 e. The molecule has 5 heteroatoms. The van der Waals surface area contributed by atoms with Gasteiger partial charge in [-0.3, -0.25) is 9.89 Å². The molecule has 0 aromatic carbocycles. The molecule has 5 nitrogen and oxygen atoms in total. The zero-order chi connectivity index (χ0) is 14.2. The number of rotatable bonds is 5. The molecule has 0 radical (unpaired) electrons. The minimum atomic E-state index is 0.621. The Balaban J connectivity index is 1.63. The van der Waals surface area contributed by atoms with E-state index < -0.39 is 0 Å². The third kappa shape index (κ3) is 5.29. The van der Waals surface area contributed by atoms with E-state index in [0.717, 1.165) is 45.4 Å². The molecule has 0 aromatic heterocycles. The van der Waals surface area contributed by atoms with Gasteiger partial charge in [-0.2, -0.15) is 0 Å². The van der Waals surface area contributed by atoms with Gasteiger partial charge in [0.15, 0.2) is 5.96 Å². The minimum Gasteiger partial charge on any atom is -0.379 e. The van der Waals surface area contributed by atoms with Gasteiger partial charge in [-0.15, -0.1) is 0 Å². The first-order valence-electron chi connectivity index (χ1n) is 8.05. The lowest BCUT2D eigenvalue weighted by molar-refractivity contribution is 0.0320. The summed E-state index contributed by atoms with van der Waals surface area (Å²) in [6.07, 6.45) is 5.26. The standard InChI is InChI=1S/C15H30N4O/c1-13(12-19-7-9-20-10-8-19)11-17-15(16-2)18-14-5-3-4-6-14/h13-14H,3-12H2,1-2H3,(H2,16,17,18). The molecule has 1 aliphatic carbocycles. The molecule has 2 rings (SSSR count). The van der Waals surface area contributed by atoms with E-state index in [1.807, 2.05) is 7.05 Å². The van der Waals surface area contributed by atoms with Crippen LogP contribution in [0.5, 0.6) is 0 Å². The van der Waals surface area contributed by atoms with E-state index in [9.17, 15) is 0 Å². The van der Waals surface area contributed by atoms with Gasteiger partial charge in [0.25, 0.3) is 0 Å². The van der Waals surface area contributed by atoms with Crippen LogP contribution in [0.1, 0.15) is 32.6 Å². The van der Waals surface area contributed by atoms with Crippen LogP contribution in [-0.4, -0.2) is 63.3 Å². The van der Waals surface area contributed by atoms with Crippen molar-refractivity contribution in [1.29, 1.82) is 0 Å². The van der Waals surface area contributed by atoms with Gasteiger partial charge in [-0.05, 0) is 18.8 Å². The molecule has 2 fully saturated rings. The van der Waals surface area contributed by atoms with Gasteiger partial charge >= 0.3 is 0 Å². The summed E-state index contributed by atoms with van der Waals surface area (Å²) in [6.45, 7) is 8.31. The van der Waals surface area contributed by atoms with Crippen molar-refractivity contribution in [3.05, 3.63) is 0 Å². The summed E-state index contributed by atoms with van der Waals surface area (Å²) in [5.74, 6) is 1.58. The van der Waals surface area contributed by atoms with Crippen LogP contribution < -0.4 is 10.6 Å². The van der Waals surface area contributed by atoms with Crippen molar-refractivity contribution in [3.63, 3.8) is 0 Å². The lowest BCUT2D eigenvalue weighted by atomic mass is 10.1. The maximum atomic E-state index is 5.38. The Kier molecular flexibility index (Phi) is 6.60. The third-order valence-corrected chi connectivity index (χ3v) is 4.21. The van der Waals surface area contributed by atoms with Crippen LogP contribution in [-0.2, 0) is 4.74 Å². The summed E-state index contributed by atoms with van der Waals surface area (Å²) >= 11 is 0. The molecule has 116 valence electrons. The number of morpholine rings is 1. The number of nitrogens with one attached hydrogen (secondary N) is 2. The first-order valence-corrected chi connectivity index (χ1v) is 8.05. The van der Waals surface area contributed by atoms with Crippen molar-refractivity contribution < 1.29 is 4.74 Å². The van der Waals surface area contributed by atoms with Crippen LogP contribution >= 0.6 is 0 Å². The molecular formula is C15H30N4O. The lowest BCUT2D eigenvalue weighted by Crippen LogP contribution is -2.46. The summed E-state index contributed by atoms with van der Waals surface area (Å²) in [5, 5.41) is 7.00. The Morgan fingerprint density at radius 2 is 2.00 bits per heavy atom. The molecule has 1 heterocycles. The predicted molar refractivity (Wildman–Crippen MR) is 83.2 cm³/mol. The zero-order valence-electron chi connectivity index (χ0n) is 13.0. The fourth-order valence-electron chi connectivity index (χ4n) is 3.02. The van der Waals surface area contributed by atoms with Crippen molar-refractivity contribution in [3.8, 4) is 0 Å². The topological polar surface area (TPSA) is 48.9 Å². The number of aliphatic imine (C=N–C) groups is 1. The summed E-state index contributed by atoms with van der Waals surface area (Å²) < 4.78 is 5.38. The molecule has 0 amide bonds. The Morgan fingerprint density at radius 3 is 2.65 bits per heavy atom. The molecule has 1 saturated carbocycles. The van der Waals surface area contributed by atoms with E-state index in [1.165, 1.54) is 25.7 Å². The molecule has 1 unspecified atom stereocenters. The molecule has 20 heavy (non-hydrogen) atoms. The van der Waals surface area contributed by atoms with Crippen molar-refractivity contribution in [2.45, 2.75) is 38.6 Å². The fraction of sp³-hybridized carbons (Fsp3) is 0.933. The van der Waals surface area contributed by atoms with E-state index >= 15 is 0 Å². The van der Waals surface area contributed by atoms with Gasteiger partial charge < -0.3 is 15.4 Å². The monoisotopic (exact) mass is 282 g/mol. The normalized spacial score (nSPS) is 23.8. The maximum Gasteiger partial charge on any atom is 0.191 e. The van der Waals surface area contributed by atoms with E-state index in [1.54, 1.807) is 0 Å². The van der Waals surface area contributed by atoms with Crippen LogP contribution in [0.15, 0.2) is 4.99 Å². The van der Waals surface area contributed by atoms with Crippen molar-refractivity contribution in [2.75, 3.05) is 46.4 Å². The summed E-state index contributed by atoms with van der Waals surface area (Å²) in [7, 11) is 1.86. The number of ether oxygens (including phenoxy) is 1. The van der Waals surface area contributed by atoms with Gasteiger partial charge in [0, 0.05) is 39.3 Å². The van der Waals surface area contributed by atoms with E-state index in [4.69, 9.17) is 4.74 Å². The van der Waals surface area contributed by atoms with Gasteiger partial charge in [0.05, 0.1) is 13.2 Å². The number of hydrogen-bond donors (Lipinski definition) is 2. The highest BCUT2D eigenvalue weighted by Crippen LogP contribution is 2.17. The van der Waals surface area contributed by atoms with Gasteiger partial charge in [-0.25, -0.2) is 0 Å². The van der Waals surface area contributed by atoms with Crippen LogP contribution in [0.2, 0.25) is 0 Å². The molecule has 2 aliphatic rings. The first kappa shape index (κ1) is 15.6. The Morgan fingerprint density at radius 1 is 1.30 bits per heavy atom. The Labute approximate surface area is 123 Å². The first-order chi connectivity index (χ1) is 9.78. The van der Waals surface area contributed by atoms with Crippen molar-refractivity contribution >= 4 is 5.96 Å². The van der Waals surface area contributed by atoms with Crippen LogP contribution in [0, 0.1) is 5.92 Å². The average molecular weight is 282 g/mol. The SMILES string of the molecule is CN=C(NCC(C)CN1CCOCC1)NC1CCCC1. The number of hydrogen-bond acceptors (Lipinski definition) is 3. The predicted octanol–water partition coefficient (Wildman–Crippen LogP) is 1.06. The molecule has 2 N–H and O–H groups in total. The smallest absolute Gasteiger partial charge is 0.191 e. The average Bonchev–Trinajstić information content (AvgIpc) is 2.97. The fourth-order valence-corrected chi connectivity index (χ4v) is 3.02. The molecule has 0 aromatic rings. The molecule has 0 bridgehead atoms. The summed E-state index contributed by atoms with van der Waals surface area (Å²) in [4.78, 5) is 6.82. The van der Waals surface area contributed by atoms with Gasteiger partial charge in [0.1, 0.15) is 0 Å². The van der Waals surface area contributed by atoms with Crippen LogP contribution in [0.25, 0.3) is 0 Å². The number of guanidine groups is 1. The highest BCUT2D eigenvalue weighted by atomic mass is 16.5. The summed E-state index contributed by atoms with van der Waals surface area (Å²) in [5.41, 5.74) is 0. The second-order valence-electron chi connectivity index (χ2n) is 6.10. The molecule has 1 atom stereocenters. The summed E-state index contributed by atoms with van der Waals surface area (Å²) in [6, 6.07) is 0.621. The lowest BCUT2D eigenvalue weighted by Gasteiger charge is -2.29. The van der Waals surface area contributed by atoms with E-state index in [2.05, 4.69) is 27.4 Å². The van der Waals surface area contributed by atoms with E-state index in [-0.39, 0.29) is 0 Å². The van der Waals surface area contributed by atoms with Crippen molar-refractivity contribution in [1.82, 2.24) is 15.5 Å². The van der Waals surface area contributed by atoms with Gasteiger partial charge in [-0.1, -0.05) is 19.8 Å². The van der Waals surface area contributed by atoms with Gasteiger partial charge in [0.2, 0.25) is 0 Å². The molecular weight excluding hydrogens is 252 g/mol. The molecule has 1 aliphatic heterocycles. The quantitative estimate of drug-likeness (QED) is 0.585. The van der Waals surface area contributed by atoms with E-state index in [0.29, 0.717) is 12.0 Å². The zero-order valence-corrected chi connectivity index (χ0v) is 13.0. The maximum absolute atomic E-state index is 5.38. The Bertz CT molecular complexity index is 296. The molecule has 0 spiro atoms. The number of nitrogens with zero attached hydrogens (tertiary/aromatic N) is 2. The highest BCUT2D eigenvalue weighted by molar-refractivity contribution is 5.79. The second kappa shape index (κ2) is 8.47. The van der Waals surface area contributed by atoms with Crippen LogP contribution in [0.3, 0.4) is 0 Å². The van der Waals surface area contributed by atoms with Crippen LogP contribution in [0.4, 0.5) is 0 Å². The molecule has 1 saturated heterocycles. The second-order valence-corrected chi connectivity index (χ2v) is 6.10. The Hall–Kier alpha value is -0.810.